The van der Waals surface area contributed by atoms with E-state index in [0.717, 1.165) is 11.3 Å². The molecular weight excluding hydrogens is 337 g/mol. The van der Waals surface area contributed by atoms with Crippen LogP contribution in [0.4, 0.5) is 10.1 Å². The number of nitrogens with one attached hydrogen (secondary N) is 1. The summed E-state index contributed by atoms with van der Waals surface area (Å²) in [4.78, 5) is 24.1. The Morgan fingerprint density at radius 1 is 1.17 bits per heavy atom. The molecule has 0 spiro atoms. The Bertz CT molecular complexity index is 935. The summed E-state index contributed by atoms with van der Waals surface area (Å²) in [7, 11) is 0. The van der Waals surface area contributed by atoms with Gasteiger partial charge in [-0.2, -0.15) is 0 Å². The van der Waals surface area contributed by atoms with Crippen LogP contribution in [0.15, 0.2) is 42.5 Å². The van der Waals surface area contributed by atoms with Crippen LogP contribution in [0.3, 0.4) is 0 Å². The molecule has 0 saturated carbocycles. The molecule has 0 bridgehead atoms. The SMILES string of the molecule is CC(=O)c1cccc(NC(=O)c2sc3cc(F)ccc3c2Cl)c1. The van der Waals surface area contributed by atoms with Gasteiger partial charge in [-0.3, -0.25) is 9.59 Å². The number of Topliss-reactive ketones (excluding diaryl/α,β-unsaturated/α-hetero) is 1. The Kier molecular flexibility index (Phi) is 4.15. The molecule has 1 heterocycles. The molecule has 0 aliphatic carbocycles. The molecule has 0 aliphatic heterocycles. The number of halogens is 2. The van der Waals surface area contributed by atoms with E-state index in [-0.39, 0.29) is 11.6 Å². The Balaban J connectivity index is 1.93. The van der Waals surface area contributed by atoms with E-state index in [1.165, 1.54) is 19.1 Å². The molecule has 0 atom stereocenters. The van der Waals surface area contributed by atoms with Crippen molar-refractivity contribution in [3.8, 4) is 0 Å². The second-order valence-corrected chi connectivity index (χ2v) is 6.41. The fourth-order valence-electron chi connectivity index (χ4n) is 2.19. The van der Waals surface area contributed by atoms with Gasteiger partial charge in [-0.05, 0) is 37.3 Å². The standard InChI is InChI=1S/C17H11ClFNO2S/c1-9(21)10-3-2-4-12(7-10)20-17(22)16-15(18)13-6-5-11(19)8-14(13)23-16/h2-8H,1H3,(H,20,22). The van der Waals surface area contributed by atoms with Crippen LogP contribution in [-0.4, -0.2) is 11.7 Å². The zero-order chi connectivity index (χ0) is 16.6. The predicted molar refractivity (Wildman–Crippen MR) is 91.2 cm³/mol. The van der Waals surface area contributed by atoms with Gasteiger partial charge in [0.2, 0.25) is 0 Å². The molecule has 0 radical (unpaired) electrons. The highest BCUT2D eigenvalue weighted by Gasteiger charge is 2.18. The molecule has 23 heavy (non-hydrogen) atoms. The second kappa shape index (κ2) is 6.10. The second-order valence-electron chi connectivity index (χ2n) is 4.98. The minimum absolute atomic E-state index is 0.0866. The quantitative estimate of drug-likeness (QED) is 0.666. The van der Waals surface area contributed by atoms with Crippen LogP contribution in [0.2, 0.25) is 5.02 Å². The molecule has 1 aromatic heterocycles. The molecular formula is C17H11ClFNO2S. The van der Waals surface area contributed by atoms with Crippen molar-refractivity contribution in [2.24, 2.45) is 0 Å². The smallest absolute Gasteiger partial charge is 0.267 e. The zero-order valence-electron chi connectivity index (χ0n) is 12.0. The fourth-order valence-corrected chi connectivity index (χ4v) is 3.63. The van der Waals surface area contributed by atoms with Gasteiger partial charge in [0, 0.05) is 21.3 Å². The van der Waals surface area contributed by atoms with Gasteiger partial charge in [0.1, 0.15) is 10.7 Å². The number of thiophene rings is 1. The largest absolute Gasteiger partial charge is 0.321 e. The lowest BCUT2D eigenvalue weighted by Gasteiger charge is -2.05. The van der Waals surface area contributed by atoms with Crippen molar-refractivity contribution in [2.45, 2.75) is 6.92 Å². The summed E-state index contributed by atoms with van der Waals surface area (Å²) >= 11 is 7.35. The summed E-state index contributed by atoms with van der Waals surface area (Å²) in [6.07, 6.45) is 0. The van der Waals surface area contributed by atoms with E-state index in [2.05, 4.69) is 5.32 Å². The molecule has 6 heteroatoms. The number of carbonyl (C=O) groups is 2. The Labute approximate surface area is 140 Å². The molecule has 3 rings (SSSR count). The number of carbonyl (C=O) groups excluding carboxylic acids is 2. The van der Waals surface area contributed by atoms with E-state index >= 15 is 0 Å². The average molecular weight is 348 g/mol. The Morgan fingerprint density at radius 3 is 2.70 bits per heavy atom. The van der Waals surface area contributed by atoms with Crippen molar-refractivity contribution in [1.82, 2.24) is 0 Å². The first-order valence-electron chi connectivity index (χ1n) is 6.75. The van der Waals surface area contributed by atoms with Gasteiger partial charge < -0.3 is 5.32 Å². The van der Waals surface area contributed by atoms with E-state index in [9.17, 15) is 14.0 Å². The summed E-state index contributed by atoms with van der Waals surface area (Å²) < 4.78 is 13.9. The van der Waals surface area contributed by atoms with Gasteiger partial charge in [0.25, 0.3) is 5.91 Å². The van der Waals surface area contributed by atoms with Crippen LogP contribution in [0.25, 0.3) is 10.1 Å². The molecule has 0 unspecified atom stereocenters. The Hall–Kier alpha value is -2.24. The number of fused-ring (bicyclic) bond motifs is 1. The summed E-state index contributed by atoms with van der Waals surface area (Å²) in [6, 6.07) is 10.8. The molecule has 0 saturated heterocycles. The number of rotatable bonds is 3. The fraction of sp³-hybridized carbons (Fsp3) is 0.0588. The lowest BCUT2D eigenvalue weighted by atomic mass is 10.1. The molecule has 116 valence electrons. The maximum Gasteiger partial charge on any atom is 0.267 e. The lowest BCUT2D eigenvalue weighted by Crippen LogP contribution is -2.11. The van der Waals surface area contributed by atoms with Crippen LogP contribution in [0, 0.1) is 5.82 Å². The normalized spacial score (nSPS) is 10.7. The lowest BCUT2D eigenvalue weighted by molar-refractivity contribution is 0.101. The average Bonchev–Trinajstić information content (AvgIpc) is 2.84. The number of hydrogen-bond acceptors (Lipinski definition) is 3. The third-order valence-corrected chi connectivity index (χ3v) is 4.98. The van der Waals surface area contributed by atoms with Gasteiger partial charge in [-0.1, -0.05) is 23.7 Å². The Morgan fingerprint density at radius 2 is 1.96 bits per heavy atom. The van der Waals surface area contributed by atoms with Crippen molar-refractivity contribution in [3.05, 3.63) is 63.7 Å². The van der Waals surface area contributed by atoms with E-state index in [1.54, 1.807) is 30.3 Å². The van der Waals surface area contributed by atoms with E-state index in [0.29, 0.717) is 31.2 Å². The summed E-state index contributed by atoms with van der Waals surface area (Å²) in [6.45, 7) is 1.46. The molecule has 2 aromatic carbocycles. The molecule has 1 amide bonds. The number of anilines is 1. The van der Waals surface area contributed by atoms with Crippen LogP contribution in [-0.2, 0) is 0 Å². The highest BCUT2D eigenvalue weighted by Crippen LogP contribution is 2.36. The minimum atomic E-state index is -0.391. The van der Waals surface area contributed by atoms with Crippen molar-refractivity contribution in [3.63, 3.8) is 0 Å². The van der Waals surface area contributed by atoms with Gasteiger partial charge >= 0.3 is 0 Å². The van der Waals surface area contributed by atoms with E-state index in [1.807, 2.05) is 0 Å². The van der Waals surface area contributed by atoms with Crippen LogP contribution in [0.5, 0.6) is 0 Å². The van der Waals surface area contributed by atoms with E-state index in [4.69, 9.17) is 11.6 Å². The number of hydrogen-bond donors (Lipinski definition) is 1. The highest BCUT2D eigenvalue weighted by molar-refractivity contribution is 7.21. The van der Waals surface area contributed by atoms with Crippen LogP contribution in [0.1, 0.15) is 27.0 Å². The molecule has 0 fully saturated rings. The van der Waals surface area contributed by atoms with Gasteiger partial charge in [0.05, 0.1) is 5.02 Å². The van der Waals surface area contributed by atoms with Crippen LogP contribution >= 0.6 is 22.9 Å². The maximum absolute atomic E-state index is 13.3. The number of benzene rings is 2. The van der Waals surface area contributed by atoms with Crippen LogP contribution < -0.4 is 5.32 Å². The molecule has 3 aromatic rings. The molecule has 3 nitrogen and oxygen atoms in total. The molecule has 0 aliphatic rings. The van der Waals surface area contributed by atoms with Crippen molar-refractivity contribution >= 4 is 50.4 Å². The third-order valence-electron chi connectivity index (χ3n) is 3.32. The van der Waals surface area contributed by atoms with E-state index < -0.39 is 5.91 Å². The summed E-state index contributed by atoms with van der Waals surface area (Å²) in [5.74, 6) is -0.856. The topological polar surface area (TPSA) is 46.2 Å². The first-order chi connectivity index (χ1) is 11.0. The highest BCUT2D eigenvalue weighted by atomic mass is 35.5. The monoisotopic (exact) mass is 347 g/mol. The first kappa shape index (κ1) is 15.6. The number of ketones is 1. The summed E-state index contributed by atoms with van der Waals surface area (Å²) in [5, 5.41) is 3.65. The van der Waals surface area contributed by atoms with Gasteiger partial charge in [-0.25, -0.2) is 4.39 Å². The number of amides is 1. The first-order valence-corrected chi connectivity index (χ1v) is 7.95. The minimum Gasteiger partial charge on any atom is -0.321 e. The zero-order valence-corrected chi connectivity index (χ0v) is 13.6. The van der Waals surface area contributed by atoms with Crippen molar-refractivity contribution in [2.75, 3.05) is 5.32 Å². The predicted octanol–water partition coefficient (Wildman–Crippen LogP) is 5.15. The molecule has 1 N–H and O–H groups in total. The summed E-state index contributed by atoms with van der Waals surface area (Å²) in [5.41, 5.74) is 1.01. The van der Waals surface area contributed by atoms with Crippen molar-refractivity contribution in [1.29, 1.82) is 0 Å². The van der Waals surface area contributed by atoms with Gasteiger partial charge in [0.15, 0.2) is 5.78 Å². The van der Waals surface area contributed by atoms with Crippen molar-refractivity contribution < 1.29 is 14.0 Å². The third kappa shape index (κ3) is 3.11. The maximum atomic E-state index is 13.3. The van der Waals surface area contributed by atoms with Gasteiger partial charge in [-0.15, -0.1) is 11.3 Å².